The first-order chi connectivity index (χ1) is 13.5. The van der Waals surface area contributed by atoms with Crippen molar-refractivity contribution in [2.45, 2.75) is 36.7 Å². The summed E-state index contributed by atoms with van der Waals surface area (Å²) in [5, 5.41) is 19.9. The molecule has 144 valence electrons. The first-order valence-electron chi connectivity index (χ1n) is 8.72. The van der Waals surface area contributed by atoms with Gasteiger partial charge in [0, 0.05) is 16.2 Å². The van der Waals surface area contributed by atoms with Crippen LogP contribution in [-0.2, 0) is 0 Å². The molecule has 2 unspecified atom stereocenters. The van der Waals surface area contributed by atoms with Gasteiger partial charge in [0.25, 0.3) is 0 Å². The van der Waals surface area contributed by atoms with E-state index in [1.807, 2.05) is 31.2 Å². The lowest BCUT2D eigenvalue weighted by atomic mass is 10.2. The van der Waals surface area contributed by atoms with E-state index in [4.69, 9.17) is 5.73 Å². The first-order valence-corrected chi connectivity index (χ1v) is 10.4. The predicted octanol–water partition coefficient (Wildman–Crippen LogP) is 3.54. The van der Waals surface area contributed by atoms with E-state index in [-0.39, 0.29) is 10.1 Å². The Hall–Kier alpha value is -2.56. The summed E-state index contributed by atoms with van der Waals surface area (Å²) in [6.45, 7) is 3.70. The van der Waals surface area contributed by atoms with E-state index in [0.29, 0.717) is 21.5 Å². The highest BCUT2D eigenvalue weighted by molar-refractivity contribution is 7.99. The predicted molar refractivity (Wildman–Crippen MR) is 110 cm³/mol. The van der Waals surface area contributed by atoms with Crippen molar-refractivity contribution in [2.24, 2.45) is 5.73 Å². The molecule has 28 heavy (non-hydrogen) atoms. The van der Waals surface area contributed by atoms with Gasteiger partial charge < -0.3 is 15.8 Å². The van der Waals surface area contributed by atoms with Crippen LogP contribution in [0.15, 0.2) is 29.4 Å². The zero-order valence-electron chi connectivity index (χ0n) is 15.2. The number of carbonyl (C=O) groups is 1. The molecule has 0 fully saturated rings. The number of aromatic carboxylic acids is 1. The van der Waals surface area contributed by atoms with Crippen LogP contribution in [0.25, 0.3) is 22.1 Å². The normalized spacial score (nSPS) is 13.8. The van der Waals surface area contributed by atoms with Crippen LogP contribution in [0.1, 0.15) is 39.8 Å². The Bertz CT molecular complexity index is 1170. The highest BCUT2D eigenvalue weighted by Gasteiger charge is 2.26. The fourth-order valence-electron chi connectivity index (χ4n) is 3.02. The Morgan fingerprint density at radius 1 is 1.32 bits per heavy atom. The molecule has 1 aromatic carbocycles. The highest BCUT2D eigenvalue weighted by Crippen LogP contribution is 2.34. The van der Waals surface area contributed by atoms with E-state index < -0.39 is 12.0 Å². The second kappa shape index (κ2) is 7.46. The fourth-order valence-corrected chi connectivity index (χ4v) is 5.02. The molecular weight excluding hydrogens is 396 g/mol. The number of aryl methyl sites for hydroxylation is 1. The molecule has 3 heterocycles. The van der Waals surface area contributed by atoms with Gasteiger partial charge >= 0.3 is 5.97 Å². The molecule has 4 N–H and O–H groups in total. The number of nitrogens with zero attached hydrogens (tertiary/aromatic N) is 4. The molecule has 3 aromatic heterocycles. The summed E-state index contributed by atoms with van der Waals surface area (Å²) in [7, 11) is 0. The molecule has 4 aromatic rings. The van der Waals surface area contributed by atoms with Gasteiger partial charge in [-0.3, -0.25) is 0 Å². The van der Waals surface area contributed by atoms with E-state index >= 15 is 0 Å². The number of aromatic amines is 1. The maximum atomic E-state index is 11.3. The molecule has 10 heteroatoms. The number of thioether (sulfide) groups is 1. The Morgan fingerprint density at radius 3 is 2.82 bits per heavy atom. The molecular formula is C18H18N6O2S2. The maximum Gasteiger partial charge on any atom is 0.347 e. The van der Waals surface area contributed by atoms with Crippen LogP contribution in [0.4, 0.5) is 0 Å². The molecule has 8 nitrogen and oxygen atoms in total. The quantitative estimate of drug-likeness (QED) is 0.408. The molecule has 0 aliphatic carbocycles. The molecule has 0 aliphatic heterocycles. The topological polar surface area (TPSA) is 131 Å². The zero-order chi connectivity index (χ0) is 19.8. The number of H-pyrrole nitrogens is 1. The van der Waals surface area contributed by atoms with Crippen LogP contribution < -0.4 is 5.73 Å². The summed E-state index contributed by atoms with van der Waals surface area (Å²) < 4.78 is 0. The van der Waals surface area contributed by atoms with Gasteiger partial charge in [-0.1, -0.05) is 36.9 Å². The van der Waals surface area contributed by atoms with Crippen LogP contribution in [0, 0.1) is 6.92 Å². The van der Waals surface area contributed by atoms with Crippen molar-refractivity contribution in [1.82, 2.24) is 25.1 Å². The lowest BCUT2D eigenvalue weighted by Gasteiger charge is -2.19. The molecule has 0 bridgehead atoms. The second-order valence-corrected chi connectivity index (χ2v) is 8.56. The Morgan fingerprint density at radius 2 is 2.11 bits per heavy atom. The van der Waals surface area contributed by atoms with Crippen LogP contribution >= 0.6 is 23.1 Å². The van der Waals surface area contributed by atoms with Crippen molar-refractivity contribution < 1.29 is 9.90 Å². The Labute approximate surface area is 168 Å². The third kappa shape index (κ3) is 3.34. The van der Waals surface area contributed by atoms with E-state index in [1.165, 1.54) is 11.8 Å². The number of nitrogens with two attached hydrogens (primary N) is 1. The van der Waals surface area contributed by atoms with Crippen molar-refractivity contribution in [3.63, 3.8) is 0 Å². The summed E-state index contributed by atoms with van der Waals surface area (Å²) in [5.41, 5.74) is 9.27. The number of carboxylic acids is 1. The Balaban J connectivity index is 1.61. The number of nitrogens with one attached hydrogen (secondary N) is 1. The minimum Gasteiger partial charge on any atom is -0.477 e. The largest absolute Gasteiger partial charge is 0.477 e. The van der Waals surface area contributed by atoms with Crippen molar-refractivity contribution >= 4 is 51.1 Å². The third-order valence-corrected chi connectivity index (χ3v) is 7.01. The van der Waals surface area contributed by atoms with Crippen LogP contribution in [0.5, 0.6) is 0 Å². The van der Waals surface area contributed by atoms with Gasteiger partial charge in [0.1, 0.15) is 15.4 Å². The average Bonchev–Trinajstić information content (AvgIpc) is 3.25. The summed E-state index contributed by atoms with van der Waals surface area (Å²) >= 11 is 2.55. The first kappa shape index (κ1) is 18.8. The van der Waals surface area contributed by atoms with Crippen molar-refractivity contribution in [3.8, 4) is 0 Å². The number of hydrogen-bond donors (Lipinski definition) is 3. The number of para-hydroxylation sites is 1. The monoisotopic (exact) mass is 414 g/mol. The maximum absolute atomic E-state index is 11.3. The number of benzene rings is 1. The summed E-state index contributed by atoms with van der Waals surface area (Å²) in [6, 6.07) is 7.43. The zero-order valence-corrected chi connectivity index (χ0v) is 16.8. The molecule has 0 amide bonds. The second-order valence-electron chi connectivity index (χ2n) is 6.32. The van der Waals surface area contributed by atoms with Crippen LogP contribution in [0.2, 0.25) is 0 Å². The number of hydrogen-bond acceptors (Lipinski definition) is 8. The third-order valence-electron chi connectivity index (χ3n) is 4.45. The van der Waals surface area contributed by atoms with E-state index in [2.05, 4.69) is 25.1 Å². The summed E-state index contributed by atoms with van der Waals surface area (Å²) in [5.74, 6) is -0.981. The standard InChI is InChI=1S/C18H18N6O2S2/c1-3-11(12(19)16-20-8(2)14(28-16)17(25)26)27-18-22-15-13(23-24-18)9-6-4-5-7-10(9)21-15/h4-7,11-12H,3,19H2,1-2H3,(H,25,26)(H,21,22,24). The number of rotatable bonds is 6. The number of thiazole rings is 1. The Kier molecular flexibility index (Phi) is 5.00. The molecule has 2 atom stereocenters. The average molecular weight is 415 g/mol. The highest BCUT2D eigenvalue weighted by atomic mass is 32.2. The van der Waals surface area contributed by atoms with E-state index in [9.17, 15) is 9.90 Å². The molecule has 0 aliphatic rings. The minimum absolute atomic E-state index is 0.0594. The minimum atomic E-state index is -0.981. The van der Waals surface area contributed by atoms with E-state index in [0.717, 1.165) is 34.2 Å². The number of fused-ring (bicyclic) bond motifs is 3. The lowest BCUT2D eigenvalue weighted by Crippen LogP contribution is -2.23. The van der Waals surface area contributed by atoms with Gasteiger partial charge in [0.15, 0.2) is 5.65 Å². The number of carboxylic acid groups (broad SMARTS) is 1. The summed E-state index contributed by atoms with van der Waals surface area (Å²) in [6.07, 6.45) is 0.751. The number of aromatic nitrogens is 5. The molecule has 0 spiro atoms. The fraction of sp³-hybridized carbons (Fsp3) is 0.278. The molecule has 4 rings (SSSR count). The van der Waals surface area contributed by atoms with Crippen LogP contribution in [-0.4, -0.2) is 41.5 Å². The van der Waals surface area contributed by atoms with Gasteiger partial charge in [-0.2, -0.15) is 0 Å². The van der Waals surface area contributed by atoms with Crippen molar-refractivity contribution in [3.05, 3.63) is 39.8 Å². The summed E-state index contributed by atoms with van der Waals surface area (Å²) in [4.78, 5) is 23.7. The molecule has 0 saturated carbocycles. The van der Waals surface area contributed by atoms with Gasteiger partial charge in [0.2, 0.25) is 5.16 Å². The lowest BCUT2D eigenvalue weighted by molar-refractivity contribution is 0.0701. The van der Waals surface area contributed by atoms with Crippen molar-refractivity contribution in [2.75, 3.05) is 0 Å². The SMILES string of the molecule is CCC(Sc1nnc2c(n1)[nH]c1ccccc12)C(N)c1nc(C)c(C(=O)O)s1. The van der Waals surface area contributed by atoms with Gasteiger partial charge in [-0.15, -0.1) is 21.5 Å². The molecule has 0 radical (unpaired) electrons. The van der Waals surface area contributed by atoms with E-state index in [1.54, 1.807) is 6.92 Å². The van der Waals surface area contributed by atoms with Gasteiger partial charge in [0.05, 0.1) is 11.7 Å². The van der Waals surface area contributed by atoms with Crippen molar-refractivity contribution in [1.29, 1.82) is 0 Å². The van der Waals surface area contributed by atoms with Gasteiger partial charge in [-0.05, 0) is 19.4 Å². The molecule has 0 saturated heterocycles. The van der Waals surface area contributed by atoms with Gasteiger partial charge in [-0.25, -0.2) is 14.8 Å². The smallest absolute Gasteiger partial charge is 0.347 e. The van der Waals surface area contributed by atoms with Crippen LogP contribution in [0.3, 0.4) is 0 Å².